The summed E-state index contributed by atoms with van der Waals surface area (Å²) in [6, 6.07) is 9.60. The van der Waals surface area contributed by atoms with Crippen LogP contribution in [0.5, 0.6) is 23.0 Å². The highest BCUT2D eigenvalue weighted by molar-refractivity contribution is 6.46. The zero-order valence-electron chi connectivity index (χ0n) is 22.5. The van der Waals surface area contributed by atoms with Crippen LogP contribution in [0.25, 0.3) is 5.76 Å². The Labute approximate surface area is 223 Å². The van der Waals surface area contributed by atoms with E-state index < -0.39 is 17.7 Å². The molecule has 9 nitrogen and oxygen atoms in total. The SMILES string of the molecule is CCCOc1ccc([C@@H]2C(=C(O)c3ccc4c(c3)OCCO4)C(=O)C(=O)N2CCCN(C)C)cc1OCC. The molecule has 2 heterocycles. The van der Waals surface area contributed by atoms with Gasteiger partial charge in [-0.05, 0) is 76.3 Å². The van der Waals surface area contributed by atoms with E-state index in [2.05, 4.69) is 0 Å². The van der Waals surface area contributed by atoms with E-state index in [-0.39, 0.29) is 11.3 Å². The van der Waals surface area contributed by atoms with Crippen LogP contribution in [-0.4, -0.2) is 80.2 Å². The number of aliphatic hydroxyl groups excluding tert-OH is 1. The highest BCUT2D eigenvalue weighted by Gasteiger charge is 2.46. The Morgan fingerprint density at radius 3 is 2.50 bits per heavy atom. The number of carbonyl (C=O) groups is 2. The summed E-state index contributed by atoms with van der Waals surface area (Å²) < 4.78 is 22.9. The lowest BCUT2D eigenvalue weighted by Crippen LogP contribution is -2.32. The van der Waals surface area contributed by atoms with Gasteiger partial charge in [-0.1, -0.05) is 13.0 Å². The van der Waals surface area contributed by atoms with Crippen molar-refractivity contribution < 1.29 is 33.6 Å². The normalized spacial score (nSPS) is 18.2. The lowest BCUT2D eigenvalue weighted by Gasteiger charge is -2.27. The summed E-state index contributed by atoms with van der Waals surface area (Å²) in [5.41, 5.74) is 1.06. The highest BCUT2D eigenvalue weighted by atomic mass is 16.6. The van der Waals surface area contributed by atoms with Gasteiger partial charge in [0.1, 0.15) is 19.0 Å². The van der Waals surface area contributed by atoms with E-state index in [0.29, 0.717) is 73.5 Å². The zero-order chi connectivity index (χ0) is 27.2. The van der Waals surface area contributed by atoms with Crippen molar-refractivity contribution in [3.63, 3.8) is 0 Å². The molecule has 2 aliphatic rings. The maximum absolute atomic E-state index is 13.4. The molecule has 9 heteroatoms. The van der Waals surface area contributed by atoms with Crippen LogP contribution >= 0.6 is 0 Å². The van der Waals surface area contributed by atoms with Crippen LogP contribution in [0.4, 0.5) is 0 Å². The number of ether oxygens (including phenoxy) is 4. The summed E-state index contributed by atoms with van der Waals surface area (Å²) in [7, 11) is 3.91. The van der Waals surface area contributed by atoms with Crippen LogP contribution in [-0.2, 0) is 9.59 Å². The van der Waals surface area contributed by atoms with Gasteiger partial charge in [0.25, 0.3) is 11.7 Å². The molecule has 0 radical (unpaired) electrons. The number of ketones is 1. The van der Waals surface area contributed by atoms with Crippen molar-refractivity contribution in [1.29, 1.82) is 0 Å². The maximum atomic E-state index is 13.4. The largest absolute Gasteiger partial charge is 0.507 e. The van der Waals surface area contributed by atoms with Gasteiger partial charge < -0.3 is 33.9 Å². The Balaban J connectivity index is 1.80. The number of amides is 1. The Hall–Kier alpha value is -3.72. The zero-order valence-corrected chi connectivity index (χ0v) is 22.5. The second-order valence-electron chi connectivity index (χ2n) is 9.50. The summed E-state index contributed by atoms with van der Waals surface area (Å²) in [5, 5.41) is 11.4. The van der Waals surface area contributed by atoms with E-state index in [1.54, 1.807) is 30.3 Å². The van der Waals surface area contributed by atoms with Crippen molar-refractivity contribution in [2.24, 2.45) is 0 Å². The van der Waals surface area contributed by atoms with E-state index in [1.165, 1.54) is 4.90 Å². The second kappa shape index (κ2) is 12.2. The third-order valence-corrected chi connectivity index (χ3v) is 6.40. The van der Waals surface area contributed by atoms with Gasteiger partial charge in [0, 0.05) is 12.1 Å². The van der Waals surface area contributed by atoms with Crippen molar-refractivity contribution in [3.8, 4) is 23.0 Å². The number of hydrogen-bond donors (Lipinski definition) is 1. The van der Waals surface area contributed by atoms with Gasteiger partial charge in [-0.25, -0.2) is 0 Å². The van der Waals surface area contributed by atoms with Crippen molar-refractivity contribution >= 4 is 17.4 Å². The molecule has 0 saturated carbocycles. The molecule has 0 unspecified atom stereocenters. The summed E-state index contributed by atoms with van der Waals surface area (Å²) in [5.74, 6) is 0.537. The number of hydrogen-bond acceptors (Lipinski definition) is 8. The number of fused-ring (bicyclic) bond motifs is 1. The van der Waals surface area contributed by atoms with Gasteiger partial charge in [0.2, 0.25) is 0 Å². The summed E-state index contributed by atoms with van der Waals surface area (Å²) >= 11 is 0. The number of aliphatic hydroxyl groups is 1. The quantitative estimate of drug-likeness (QED) is 0.268. The number of likely N-dealkylation sites (tertiary alicyclic amines) is 1. The van der Waals surface area contributed by atoms with E-state index in [1.807, 2.05) is 38.9 Å². The van der Waals surface area contributed by atoms with E-state index >= 15 is 0 Å². The van der Waals surface area contributed by atoms with Crippen LogP contribution in [0.3, 0.4) is 0 Å². The molecular formula is C29H36N2O7. The average molecular weight is 525 g/mol. The van der Waals surface area contributed by atoms with Crippen LogP contribution in [0, 0.1) is 0 Å². The predicted octanol–water partition coefficient (Wildman–Crippen LogP) is 4.02. The molecule has 1 atom stereocenters. The van der Waals surface area contributed by atoms with E-state index in [0.717, 1.165) is 13.0 Å². The van der Waals surface area contributed by atoms with Crippen molar-refractivity contribution in [1.82, 2.24) is 9.80 Å². The fourth-order valence-electron chi connectivity index (χ4n) is 4.65. The van der Waals surface area contributed by atoms with Gasteiger partial charge in [-0.3, -0.25) is 9.59 Å². The number of carbonyl (C=O) groups excluding carboxylic acids is 2. The first-order valence-electron chi connectivity index (χ1n) is 13.1. The van der Waals surface area contributed by atoms with Gasteiger partial charge in [0.15, 0.2) is 23.0 Å². The minimum Gasteiger partial charge on any atom is -0.507 e. The second-order valence-corrected chi connectivity index (χ2v) is 9.50. The van der Waals surface area contributed by atoms with Crippen molar-refractivity contribution in [2.75, 3.05) is 53.6 Å². The first kappa shape index (κ1) is 27.3. The number of benzene rings is 2. The smallest absolute Gasteiger partial charge is 0.295 e. The molecule has 0 aliphatic carbocycles. The molecule has 0 aromatic heterocycles. The predicted molar refractivity (Wildman–Crippen MR) is 143 cm³/mol. The Morgan fingerprint density at radius 1 is 1.03 bits per heavy atom. The minimum atomic E-state index is -0.787. The molecule has 1 N–H and O–H groups in total. The number of nitrogens with zero attached hydrogens (tertiary/aromatic N) is 2. The first-order valence-corrected chi connectivity index (χ1v) is 13.1. The van der Waals surface area contributed by atoms with Crippen LogP contribution in [0.2, 0.25) is 0 Å². The molecule has 0 spiro atoms. The third-order valence-electron chi connectivity index (χ3n) is 6.40. The summed E-state index contributed by atoms with van der Waals surface area (Å²) in [6.45, 7) is 6.78. The molecule has 2 aromatic carbocycles. The van der Waals surface area contributed by atoms with Crippen LogP contribution in [0.1, 0.15) is 43.9 Å². The third kappa shape index (κ3) is 5.72. The highest BCUT2D eigenvalue weighted by Crippen LogP contribution is 2.43. The molecule has 2 aliphatic heterocycles. The number of Topliss-reactive ketones (excluding diaryl/α,β-unsaturated/α-hetero) is 1. The molecular weight excluding hydrogens is 488 g/mol. The Morgan fingerprint density at radius 2 is 1.79 bits per heavy atom. The Bertz CT molecular complexity index is 1210. The minimum absolute atomic E-state index is 0.0289. The molecule has 2 aromatic rings. The monoisotopic (exact) mass is 524 g/mol. The first-order chi connectivity index (χ1) is 18.3. The molecule has 204 valence electrons. The maximum Gasteiger partial charge on any atom is 0.295 e. The molecule has 1 saturated heterocycles. The van der Waals surface area contributed by atoms with E-state index in [4.69, 9.17) is 18.9 Å². The van der Waals surface area contributed by atoms with Crippen LogP contribution < -0.4 is 18.9 Å². The molecule has 38 heavy (non-hydrogen) atoms. The summed E-state index contributed by atoms with van der Waals surface area (Å²) in [4.78, 5) is 30.2. The van der Waals surface area contributed by atoms with Crippen molar-refractivity contribution in [3.05, 3.63) is 53.1 Å². The summed E-state index contributed by atoms with van der Waals surface area (Å²) in [6.07, 6.45) is 1.51. The van der Waals surface area contributed by atoms with Crippen LogP contribution in [0.15, 0.2) is 42.0 Å². The van der Waals surface area contributed by atoms with Crippen molar-refractivity contribution in [2.45, 2.75) is 32.7 Å². The van der Waals surface area contributed by atoms with Gasteiger partial charge >= 0.3 is 0 Å². The van der Waals surface area contributed by atoms with Gasteiger partial charge in [-0.2, -0.15) is 0 Å². The fourth-order valence-corrected chi connectivity index (χ4v) is 4.65. The molecule has 1 amide bonds. The van der Waals surface area contributed by atoms with E-state index in [9.17, 15) is 14.7 Å². The average Bonchev–Trinajstić information content (AvgIpc) is 3.16. The number of rotatable bonds is 11. The molecule has 0 bridgehead atoms. The Kier molecular flexibility index (Phi) is 8.78. The molecule has 4 rings (SSSR count). The van der Waals surface area contributed by atoms with Gasteiger partial charge in [-0.15, -0.1) is 0 Å². The topological polar surface area (TPSA) is 97.8 Å². The lowest BCUT2D eigenvalue weighted by atomic mass is 9.94. The van der Waals surface area contributed by atoms with Gasteiger partial charge in [0.05, 0.1) is 24.8 Å². The fraction of sp³-hybridized carbons (Fsp3) is 0.448. The molecule has 1 fully saturated rings. The standard InChI is InChI=1S/C29H36N2O7/c1-5-14-36-21-10-8-19(17-23(21)35-6-2)26-25(28(33)29(34)31(26)13-7-12-30(3)4)27(32)20-9-11-22-24(18-20)38-16-15-37-22/h8-11,17-18,26,32H,5-7,12-16H2,1-4H3/t26-/m1/s1. The lowest BCUT2D eigenvalue weighted by molar-refractivity contribution is -0.139.